The highest BCUT2D eigenvalue weighted by molar-refractivity contribution is 6.35. The molecule has 1 aromatic heterocycles. The van der Waals surface area contributed by atoms with Gasteiger partial charge in [0, 0.05) is 41.9 Å². The number of rotatable bonds is 6. The van der Waals surface area contributed by atoms with Crippen molar-refractivity contribution >= 4 is 40.9 Å². The maximum Gasteiger partial charge on any atom is 0.316 e. The number of aromatic nitrogens is 1. The van der Waals surface area contributed by atoms with Crippen LogP contribution in [0.4, 0.5) is 16.2 Å². The third kappa shape index (κ3) is 4.67. The van der Waals surface area contributed by atoms with Crippen molar-refractivity contribution in [2.45, 2.75) is 26.2 Å². The molecule has 2 aliphatic heterocycles. The molecule has 2 aromatic rings. The number of nitrogens with one attached hydrogen (secondary N) is 4. The Morgan fingerprint density at radius 1 is 1.22 bits per heavy atom. The van der Waals surface area contributed by atoms with Gasteiger partial charge in [-0.3, -0.25) is 9.59 Å². The van der Waals surface area contributed by atoms with Gasteiger partial charge in [0.15, 0.2) is 0 Å². The van der Waals surface area contributed by atoms with E-state index in [1.54, 1.807) is 30.5 Å². The number of benzene rings is 1. The van der Waals surface area contributed by atoms with Crippen LogP contribution in [0.15, 0.2) is 24.4 Å². The van der Waals surface area contributed by atoms with Crippen LogP contribution in [0.1, 0.15) is 46.4 Å². The summed E-state index contributed by atoms with van der Waals surface area (Å²) in [5, 5.41) is 8.31. The van der Waals surface area contributed by atoms with Gasteiger partial charge < -0.3 is 31.6 Å². The molecule has 3 heterocycles. The highest BCUT2D eigenvalue weighted by Gasteiger charge is 2.25. The summed E-state index contributed by atoms with van der Waals surface area (Å²) in [5.74, 6) is -0.387. The molecule has 0 radical (unpaired) electrons. The van der Waals surface area contributed by atoms with Crippen molar-refractivity contribution in [3.63, 3.8) is 0 Å². The standard InChI is InChI=1S/C23H28N6O3/c1-14-18(21(30)25-7-10-29-8-3-2-4-9-29)13-26-20(14)12-17-16-11-15(27-23(24)32)5-6-19(16)28-22(17)31/h5-6,11-13,26H,2-4,7-10H2,1H3,(H,25,30)(H,28,31)(H3,24,27,32)/b17-12-. The first kappa shape index (κ1) is 21.6. The molecule has 0 atom stereocenters. The summed E-state index contributed by atoms with van der Waals surface area (Å²) in [5.41, 5.74) is 9.43. The number of piperidine rings is 1. The Hall–Kier alpha value is -3.59. The van der Waals surface area contributed by atoms with Crippen LogP contribution in [0.25, 0.3) is 11.6 Å². The minimum atomic E-state index is -0.677. The molecule has 2 aliphatic rings. The Morgan fingerprint density at radius 2 is 2.00 bits per heavy atom. The lowest BCUT2D eigenvalue weighted by molar-refractivity contribution is -0.110. The van der Waals surface area contributed by atoms with E-state index in [0.717, 1.165) is 25.2 Å². The quantitative estimate of drug-likeness (QED) is 0.445. The Kier molecular flexibility index (Phi) is 6.27. The highest BCUT2D eigenvalue weighted by atomic mass is 16.2. The van der Waals surface area contributed by atoms with E-state index in [2.05, 4.69) is 25.8 Å². The first-order valence-electron chi connectivity index (χ1n) is 10.8. The van der Waals surface area contributed by atoms with Crippen molar-refractivity contribution in [3.05, 3.63) is 46.8 Å². The van der Waals surface area contributed by atoms with Gasteiger partial charge in [-0.15, -0.1) is 0 Å². The lowest BCUT2D eigenvalue weighted by Gasteiger charge is -2.26. The van der Waals surface area contributed by atoms with Gasteiger partial charge in [-0.2, -0.15) is 0 Å². The number of primary amides is 1. The minimum absolute atomic E-state index is 0.135. The number of urea groups is 1. The van der Waals surface area contributed by atoms with E-state index in [1.807, 2.05) is 6.92 Å². The molecule has 0 saturated carbocycles. The van der Waals surface area contributed by atoms with Crippen LogP contribution in [-0.4, -0.2) is 53.9 Å². The summed E-state index contributed by atoms with van der Waals surface area (Å²) in [6.45, 7) is 5.49. The van der Waals surface area contributed by atoms with Crippen LogP contribution in [0.3, 0.4) is 0 Å². The average Bonchev–Trinajstić information content (AvgIpc) is 3.28. The number of carbonyl (C=O) groups is 3. The van der Waals surface area contributed by atoms with Gasteiger partial charge in [0.25, 0.3) is 11.8 Å². The topological polar surface area (TPSA) is 132 Å². The normalized spacial score (nSPS) is 17.2. The maximum absolute atomic E-state index is 12.7. The zero-order valence-electron chi connectivity index (χ0n) is 18.1. The molecular weight excluding hydrogens is 408 g/mol. The number of nitrogens with two attached hydrogens (primary N) is 1. The molecule has 0 unspecified atom stereocenters. The molecule has 32 heavy (non-hydrogen) atoms. The molecule has 4 amide bonds. The fourth-order valence-electron chi connectivity index (χ4n) is 4.20. The molecule has 168 valence electrons. The zero-order valence-corrected chi connectivity index (χ0v) is 18.1. The van der Waals surface area contributed by atoms with Crippen molar-refractivity contribution in [2.24, 2.45) is 5.73 Å². The SMILES string of the molecule is Cc1c(C(=O)NCCN2CCCCC2)c[nH]c1/C=C1\C(=O)Nc2ccc(NC(N)=O)cc21. The third-order valence-corrected chi connectivity index (χ3v) is 5.95. The zero-order chi connectivity index (χ0) is 22.7. The summed E-state index contributed by atoms with van der Waals surface area (Å²) in [6, 6.07) is 4.39. The number of H-pyrrole nitrogens is 1. The first-order chi connectivity index (χ1) is 15.4. The molecule has 0 spiro atoms. The van der Waals surface area contributed by atoms with Gasteiger partial charge in [-0.25, -0.2) is 4.79 Å². The highest BCUT2D eigenvalue weighted by Crippen LogP contribution is 2.35. The van der Waals surface area contributed by atoms with E-state index < -0.39 is 6.03 Å². The number of fused-ring (bicyclic) bond motifs is 1. The predicted molar refractivity (Wildman–Crippen MR) is 124 cm³/mol. The third-order valence-electron chi connectivity index (χ3n) is 5.95. The molecule has 1 fully saturated rings. The van der Waals surface area contributed by atoms with Gasteiger partial charge in [-0.1, -0.05) is 6.42 Å². The molecule has 0 bridgehead atoms. The van der Waals surface area contributed by atoms with Gasteiger partial charge in [0.05, 0.1) is 11.1 Å². The van der Waals surface area contributed by atoms with Crippen LogP contribution >= 0.6 is 0 Å². The Bertz CT molecular complexity index is 1080. The van der Waals surface area contributed by atoms with E-state index in [4.69, 9.17) is 5.73 Å². The van der Waals surface area contributed by atoms with Crippen LogP contribution in [0.2, 0.25) is 0 Å². The Labute approximate surface area is 186 Å². The molecule has 4 rings (SSSR count). The van der Waals surface area contributed by atoms with Crippen molar-refractivity contribution in [2.75, 3.05) is 36.8 Å². The Balaban J connectivity index is 1.48. The van der Waals surface area contributed by atoms with E-state index in [9.17, 15) is 14.4 Å². The summed E-state index contributed by atoms with van der Waals surface area (Å²) >= 11 is 0. The second-order valence-corrected chi connectivity index (χ2v) is 8.16. The molecular formula is C23H28N6O3. The van der Waals surface area contributed by atoms with Gasteiger partial charge >= 0.3 is 6.03 Å². The van der Waals surface area contributed by atoms with E-state index in [0.29, 0.717) is 40.3 Å². The van der Waals surface area contributed by atoms with Crippen molar-refractivity contribution < 1.29 is 14.4 Å². The molecule has 1 aromatic carbocycles. The monoisotopic (exact) mass is 436 g/mol. The number of nitrogens with zero attached hydrogens (tertiary/aromatic N) is 1. The smallest absolute Gasteiger partial charge is 0.316 e. The van der Waals surface area contributed by atoms with Crippen LogP contribution in [0.5, 0.6) is 0 Å². The summed E-state index contributed by atoms with van der Waals surface area (Å²) < 4.78 is 0. The number of aromatic amines is 1. The minimum Gasteiger partial charge on any atom is -0.361 e. The molecule has 9 nitrogen and oxygen atoms in total. The summed E-state index contributed by atoms with van der Waals surface area (Å²) in [7, 11) is 0. The predicted octanol–water partition coefficient (Wildman–Crippen LogP) is 2.52. The maximum atomic E-state index is 12.7. The fourth-order valence-corrected chi connectivity index (χ4v) is 4.20. The summed E-state index contributed by atoms with van der Waals surface area (Å²) in [4.78, 5) is 41.8. The second kappa shape index (κ2) is 9.27. The number of amides is 4. The number of anilines is 2. The molecule has 1 saturated heterocycles. The lowest BCUT2D eigenvalue weighted by Crippen LogP contribution is -2.37. The van der Waals surface area contributed by atoms with E-state index in [-0.39, 0.29) is 11.8 Å². The van der Waals surface area contributed by atoms with Crippen LogP contribution in [0, 0.1) is 6.92 Å². The lowest BCUT2D eigenvalue weighted by atomic mass is 10.0. The number of hydrogen-bond donors (Lipinski definition) is 5. The first-order valence-corrected chi connectivity index (χ1v) is 10.8. The van der Waals surface area contributed by atoms with Crippen molar-refractivity contribution in [3.8, 4) is 0 Å². The fraction of sp³-hybridized carbons (Fsp3) is 0.348. The molecule has 9 heteroatoms. The Morgan fingerprint density at radius 3 is 2.75 bits per heavy atom. The molecule has 6 N–H and O–H groups in total. The van der Waals surface area contributed by atoms with Crippen molar-refractivity contribution in [1.82, 2.24) is 15.2 Å². The average molecular weight is 437 g/mol. The van der Waals surface area contributed by atoms with Gasteiger partial charge in [-0.05, 0) is 62.7 Å². The number of hydrogen-bond acceptors (Lipinski definition) is 4. The summed E-state index contributed by atoms with van der Waals surface area (Å²) in [6.07, 6.45) is 7.11. The molecule has 0 aliphatic carbocycles. The number of carbonyl (C=O) groups excluding carboxylic acids is 3. The van der Waals surface area contributed by atoms with Gasteiger partial charge in [0.1, 0.15) is 0 Å². The van der Waals surface area contributed by atoms with Crippen LogP contribution in [-0.2, 0) is 4.79 Å². The second-order valence-electron chi connectivity index (χ2n) is 8.16. The number of likely N-dealkylation sites (tertiary alicyclic amines) is 1. The van der Waals surface area contributed by atoms with E-state index in [1.165, 1.54) is 19.3 Å². The van der Waals surface area contributed by atoms with E-state index >= 15 is 0 Å². The van der Waals surface area contributed by atoms with Crippen LogP contribution < -0.4 is 21.7 Å². The largest absolute Gasteiger partial charge is 0.361 e. The van der Waals surface area contributed by atoms with Crippen molar-refractivity contribution in [1.29, 1.82) is 0 Å². The van der Waals surface area contributed by atoms with Gasteiger partial charge in [0.2, 0.25) is 0 Å².